The minimum Gasteiger partial charge on any atom is -0.368 e. The molecule has 2 aliphatic heterocycles. The van der Waals surface area contributed by atoms with E-state index in [0.29, 0.717) is 6.04 Å². The topological polar surface area (TPSA) is 38.8 Å². The molecule has 126 valence electrons. The Morgan fingerprint density at radius 1 is 1.13 bits per heavy atom. The largest absolute Gasteiger partial charge is 0.368 e. The number of anilines is 1. The van der Waals surface area contributed by atoms with Gasteiger partial charge in [0.2, 0.25) is 0 Å². The summed E-state index contributed by atoms with van der Waals surface area (Å²) in [6.07, 6.45) is 2.09. The number of urea groups is 1. The molecule has 0 aromatic heterocycles. The van der Waals surface area contributed by atoms with Crippen molar-refractivity contribution >= 4 is 23.3 Å². The van der Waals surface area contributed by atoms with Crippen LogP contribution in [0.3, 0.4) is 0 Å². The van der Waals surface area contributed by atoms with Crippen LogP contribution in [0.25, 0.3) is 0 Å². The standard InChI is InChI=1S/C17H25ClN4O/c1-20-7-5-15(6-8-20)19-17(23)22-11-9-21(10-12-22)16-4-2-3-14(18)13-16/h2-4,13,15H,5-12H2,1H3,(H,19,23). The molecule has 5 nitrogen and oxygen atoms in total. The Labute approximate surface area is 143 Å². The third kappa shape index (κ3) is 4.30. The molecule has 1 aromatic carbocycles. The quantitative estimate of drug-likeness (QED) is 0.900. The van der Waals surface area contributed by atoms with Crippen molar-refractivity contribution in [2.45, 2.75) is 18.9 Å². The lowest BCUT2D eigenvalue weighted by molar-refractivity contribution is 0.178. The molecule has 23 heavy (non-hydrogen) atoms. The molecule has 0 aliphatic carbocycles. The highest BCUT2D eigenvalue weighted by molar-refractivity contribution is 6.30. The molecule has 1 N–H and O–H groups in total. The van der Waals surface area contributed by atoms with Crippen molar-refractivity contribution in [3.63, 3.8) is 0 Å². The summed E-state index contributed by atoms with van der Waals surface area (Å²) in [5.41, 5.74) is 1.13. The van der Waals surface area contributed by atoms with Crippen LogP contribution in [0, 0.1) is 0 Å². The highest BCUT2D eigenvalue weighted by Gasteiger charge is 2.24. The molecular weight excluding hydrogens is 312 g/mol. The number of piperidine rings is 1. The number of hydrogen-bond donors (Lipinski definition) is 1. The van der Waals surface area contributed by atoms with E-state index in [9.17, 15) is 4.79 Å². The Balaban J connectivity index is 1.47. The van der Waals surface area contributed by atoms with Crippen LogP contribution in [0.5, 0.6) is 0 Å². The maximum Gasteiger partial charge on any atom is 0.317 e. The van der Waals surface area contributed by atoms with Crippen molar-refractivity contribution in [3.8, 4) is 0 Å². The zero-order chi connectivity index (χ0) is 16.2. The zero-order valence-electron chi connectivity index (χ0n) is 13.7. The molecule has 0 bridgehead atoms. The van der Waals surface area contributed by atoms with Gasteiger partial charge in [-0.15, -0.1) is 0 Å². The van der Waals surface area contributed by atoms with Gasteiger partial charge in [-0.05, 0) is 51.2 Å². The highest BCUT2D eigenvalue weighted by atomic mass is 35.5. The van der Waals surface area contributed by atoms with Gasteiger partial charge in [0.25, 0.3) is 0 Å². The van der Waals surface area contributed by atoms with Crippen LogP contribution >= 0.6 is 11.6 Å². The maximum absolute atomic E-state index is 12.4. The second-order valence-electron chi connectivity index (χ2n) is 6.48. The first-order valence-corrected chi connectivity index (χ1v) is 8.74. The van der Waals surface area contributed by atoms with Gasteiger partial charge in [0.15, 0.2) is 0 Å². The molecule has 2 heterocycles. The summed E-state index contributed by atoms with van der Waals surface area (Å²) in [5, 5.41) is 3.95. The van der Waals surface area contributed by atoms with E-state index in [1.165, 1.54) is 0 Å². The fourth-order valence-electron chi connectivity index (χ4n) is 3.26. The summed E-state index contributed by atoms with van der Waals surface area (Å²) in [6, 6.07) is 8.32. The number of amides is 2. The monoisotopic (exact) mass is 336 g/mol. The van der Waals surface area contributed by atoms with E-state index >= 15 is 0 Å². The van der Waals surface area contributed by atoms with E-state index in [-0.39, 0.29) is 6.03 Å². The molecule has 0 saturated carbocycles. The Morgan fingerprint density at radius 3 is 2.48 bits per heavy atom. The summed E-state index contributed by atoms with van der Waals surface area (Å²) >= 11 is 6.06. The average molecular weight is 337 g/mol. The number of nitrogens with one attached hydrogen (secondary N) is 1. The summed E-state index contributed by atoms with van der Waals surface area (Å²) in [4.78, 5) is 18.9. The van der Waals surface area contributed by atoms with Crippen LogP contribution in [0.15, 0.2) is 24.3 Å². The van der Waals surface area contributed by atoms with Crippen molar-refractivity contribution in [1.29, 1.82) is 0 Å². The third-order valence-corrected chi connectivity index (χ3v) is 5.02. The predicted molar refractivity (Wildman–Crippen MR) is 94.3 cm³/mol. The molecule has 2 aliphatic rings. The van der Waals surface area contributed by atoms with Crippen LogP contribution in [-0.4, -0.2) is 68.2 Å². The highest BCUT2D eigenvalue weighted by Crippen LogP contribution is 2.21. The number of likely N-dealkylation sites (tertiary alicyclic amines) is 1. The van der Waals surface area contributed by atoms with E-state index in [1.807, 2.05) is 23.1 Å². The second kappa shape index (κ2) is 7.41. The third-order valence-electron chi connectivity index (χ3n) is 4.79. The molecule has 0 radical (unpaired) electrons. The van der Waals surface area contributed by atoms with Crippen molar-refractivity contribution < 1.29 is 4.79 Å². The maximum atomic E-state index is 12.4. The number of nitrogens with zero attached hydrogens (tertiary/aromatic N) is 3. The summed E-state index contributed by atoms with van der Waals surface area (Å²) < 4.78 is 0. The first-order chi connectivity index (χ1) is 11.1. The first kappa shape index (κ1) is 16.4. The van der Waals surface area contributed by atoms with Gasteiger partial charge in [0.05, 0.1) is 0 Å². The second-order valence-corrected chi connectivity index (χ2v) is 6.92. The SMILES string of the molecule is CN1CCC(NC(=O)N2CCN(c3cccc(Cl)c3)CC2)CC1. The van der Waals surface area contributed by atoms with Crippen LogP contribution in [-0.2, 0) is 0 Å². The molecule has 0 atom stereocenters. The van der Waals surface area contributed by atoms with E-state index in [4.69, 9.17) is 11.6 Å². The number of piperazine rings is 1. The molecule has 6 heteroatoms. The van der Waals surface area contributed by atoms with Crippen molar-refractivity contribution in [2.24, 2.45) is 0 Å². The van der Waals surface area contributed by atoms with Crippen molar-refractivity contribution in [3.05, 3.63) is 29.3 Å². The van der Waals surface area contributed by atoms with Gasteiger partial charge < -0.3 is 20.0 Å². The van der Waals surface area contributed by atoms with Crippen molar-refractivity contribution in [1.82, 2.24) is 15.1 Å². The molecule has 2 fully saturated rings. The fourth-order valence-corrected chi connectivity index (χ4v) is 3.44. The van der Waals surface area contributed by atoms with Gasteiger partial charge in [-0.3, -0.25) is 0 Å². The van der Waals surface area contributed by atoms with E-state index in [1.54, 1.807) is 0 Å². The van der Waals surface area contributed by atoms with Crippen LogP contribution in [0.1, 0.15) is 12.8 Å². The molecular formula is C17H25ClN4O. The fraction of sp³-hybridized carbons (Fsp3) is 0.588. The first-order valence-electron chi connectivity index (χ1n) is 8.36. The van der Waals surface area contributed by atoms with Gasteiger partial charge in [-0.25, -0.2) is 4.79 Å². The Morgan fingerprint density at radius 2 is 1.83 bits per heavy atom. The van der Waals surface area contributed by atoms with Gasteiger partial charge in [0, 0.05) is 42.9 Å². The van der Waals surface area contributed by atoms with Crippen molar-refractivity contribution in [2.75, 3.05) is 51.2 Å². The number of carbonyl (C=O) groups is 1. The molecule has 2 amide bonds. The lowest BCUT2D eigenvalue weighted by Gasteiger charge is -2.37. The number of hydrogen-bond acceptors (Lipinski definition) is 3. The van der Waals surface area contributed by atoms with Gasteiger partial charge in [-0.1, -0.05) is 17.7 Å². The Kier molecular flexibility index (Phi) is 5.28. The molecule has 2 saturated heterocycles. The van der Waals surface area contributed by atoms with E-state index < -0.39 is 0 Å². The number of carbonyl (C=O) groups excluding carboxylic acids is 1. The normalized spacial score (nSPS) is 20.6. The molecule has 3 rings (SSSR count). The minimum absolute atomic E-state index is 0.0882. The van der Waals surface area contributed by atoms with Gasteiger partial charge >= 0.3 is 6.03 Å². The van der Waals surface area contributed by atoms with E-state index in [2.05, 4.69) is 28.2 Å². The number of benzene rings is 1. The smallest absolute Gasteiger partial charge is 0.317 e. The van der Waals surface area contributed by atoms with Crippen LogP contribution in [0.2, 0.25) is 5.02 Å². The van der Waals surface area contributed by atoms with Gasteiger partial charge in [-0.2, -0.15) is 0 Å². The molecule has 0 spiro atoms. The van der Waals surface area contributed by atoms with Crippen LogP contribution < -0.4 is 10.2 Å². The van der Waals surface area contributed by atoms with E-state index in [0.717, 1.165) is 62.8 Å². The number of halogens is 1. The lowest BCUT2D eigenvalue weighted by atomic mass is 10.1. The summed E-state index contributed by atoms with van der Waals surface area (Å²) in [7, 11) is 2.13. The lowest BCUT2D eigenvalue weighted by Crippen LogP contribution is -2.54. The van der Waals surface area contributed by atoms with Crippen LogP contribution in [0.4, 0.5) is 10.5 Å². The predicted octanol–water partition coefficient (Wildman–Crippen LogP) is 2.27. The average Bonchev–Trinajstić information content (AvgIpc) is 2.57. The molecule has 0 unspecified atom stereocenters. The zero-order valence-corrected chi connectivity index (χ0v) is 14.4. The minimum atomic E-state index is 0.0882. The van der Waals surface area contributed by atoms with Gasteiger partial charge in [0.1, 0.15) is 0 Å². The Hall–Kier alpha value is -1.46. The number of rotatable bonds is 2. The molecule has 1 aromatic rings. The Bertz CT molecular complexity index is 537. The summed E-state index contributed by atoms with van der Waals surface area (Å²) in [5.74, 6) is 0. The summed E-state index contributed by atoms with van der Waals surface area (Å²) in [6.45, 7) is 5.33.